The van der Waals surface area contributed by atoms with Crippen LogP contribution in [-0.2, 0) is 11.2 Å². The molecule has 7 heteroatoms. The molecular formula is C26H22N4O2S. The molecule has 4 aromatic rings. The Balaban J connectivity index is 1.39. The van der Waals surface area contributed by atoms with E-state index in [2.05, 4.69) is 51.7 Å². The molecule has 1 saturated carbocycles. The zero-order valence-corrected chi connectivity index (χ0v) is 18.7. The summed E-state index contributed by atoms with van der Waals surface area (Å²) in [6.07, 6.45) is 5.95. The van der Waals surface area contributed by atoms with E-state index in [1.165, 1.54) is 28.2 Å². The molecule has 6 rings (SSSR count). The van der Waals surface area contributed by atoms with Crippen LogP contribution in [0.4, 0.5) is 5.82 Å². The number of aromatic nitrogens is 3. The second kappa shape index (κ2) is 8.15. The minimum absolute atomic E-state index is 0.113. The summed E-state index contributed by atoms with van der Waals surface area (Å²) in [5.41, 5.74) is 3.46. The Labute approximate surface area is 195 Å². The van der Waals surface area contributed by atoms with E-state index in [1.807, 2.05) is 6.07 Å². The number of fused-ring (bicyclic) bond motifs is 2. The maximum absolute atomic E-state index is 13.3. The highest BCUT2D eigenvalue weighted by Crippen LogP contribution is 2.48. The van der Waals surface area contributed by atoms with Gasteiger partial charge in [0, 0.05) is 18.0 Å². The quantitative estimate of drug-likeness (QED) is 0.479. The van der Waals surface area contributed by atoms with Crippen molar-refractivity contribution >= 4 is 34.3 Å². The van der Waals surface area contributed by atoms with Gasteiger partial charge in [0.15, 0.2) is 0 Å². The van der Waals surface area contributed by atoms with E-state index in [4.69, 9.17) is 0 Å². The van der Waals surface area contributed by atoms with Crippen molar-refractivity contribution in [1.29, 1.82) is 0 Å². The standard InChI is InChI=1S/C26H22N4O2S/c31-23-13-19(12-18-6-3-5-16-4-1-2-7-20(16)18)24(17-8-9-17)26-30(23)21(14-33-26)25(32)29-22-10-11-27-15-28-22/h1-7,10-11,13,15,17,21H,8-9,12,14H2,(H,27,28,29,32). The van der Waals surface area contributed by atoms with Gasteiger partial charge in [-0.05, 0) is 58.7 Å². The van der Waals surface area contributed by atoms with Gasteiger partial charge in [-0.25, -0.2) is 9.97 Å². The molecule has 1 aliphatic heterocycles. The predicted molar refractivity (Wildman–Crippen MR) is 130 cm³/mol. The van der Waals surface area contributed by atoms with Crippen molar-refractivity contribution < 1.29 is 4.79 Å². The molecule has 0 saturated heterocycles. The maximum Gasteiger partial charge on any atom is 0.252 e. The number of amides is 1. The molecule has 1 amide bonds. The fourth-order valence-corrected chi connectivity index (χ4v) is 6.14. The second-order valence-corrected chi connectivity index (χ2v) is 9.61. The molecule has 2 aromatic heterocycles. The second-order valence-electron chi connectivity index (χ2n) is 8.60. The van der Waals surface area contributed by atoms with Crippen molar-refractivity contribution in [3.05, 3.63) is 94.2 Å². The average Bonchev–Trinajstić information content (AvgIpc) is 3.57. The monoisotopic (exact) mass is 454 g/mol. The third-order valence-electron chi connectivity index (χ3n) is 6.40. The largest absolute Gasteiger partial charge is 0.309 e. The number of rotatable bonds is 5. The van der Waals surface area contributed by atoms with Crippen LogP contribution >= 0.6 is 11.8 Å². The maximum atomic E-state index is 13.3. The third kappa shape index (κ3) is 3.72. The summed E-state index contributed by atoms with van der Waals surface area (Å²) in [5, 5.41) is 6.21. The smallest absolute Gasteiger partial charge is 0.252 e. The number of hydrogen-bond acceptors (Lipinski definition) is 5. The molecule has 164 valence electrons. The molecule has 3 heterocycles. The van der Waals surface area contributed by atoms with Crippen LogP contribution in [0, 0.1) is 0 Å². The molecule has 1 N–H and O–H groups in total. The Bertz CT molecular complexity index is 1420. The fraction of sp³-hybridized carbons (Fsp3) is 0.231. The van der Waals surface area contributed by atoms with Crippen molar-refractivity contribution in [2.75, 3.05) is 11.1 Å². The van der Waals surface area contributed by atoms with E-state index in [0.29, 0.717) is 23.9 Å². The minimum Gasteiger partial charge on any atom is -0.309 e. The Morgan fingerprint density at radius 2 is 1.94 bits per heavy atom. The summed E-state index contributed by atoms with van der Waals surface area (Å²) >= 11 is 1.62. The van der Waals surface area contributed by atoms with E-state index in [1.54, 1.807) is 34.7 Å². The van der Waals surface area contributed by atoms with E-state index in [0.717, 1.165) is 23.4 Å². The number of nitrogens with one attached hydrogen (secondary N) is 1. The van der Waals surface area contributed by atoms with Crippen LogP contribution in [0.25, 0.3) is 10.8 Å². The van der Waals surface area contributed by atoms with Crippen LogP contribution in [0.2, 0.25) is 0 Å². The molecule has 1 atom stereocenters. The van der Waals surface area contributed by atoms with E-state index in [-0.39, 0.29) is 11.5 Å². The summed E-state index contributed by atoms with van der Waals surface area (Å²) in [4.78, 5) is 34.2. The van der Waals surface area contributed by atoms with Crippen molar-refractivity contribution in [2.24, 2.45) is 0 Å². The van der Waals surface area contributed by atoms with E-state index < -0.39 is 6.04 Å². The van der Waals surface area contributed by atoms with Crippen molar-refractivity contribution in [3.63, 3.8) is 0 Å². The Hall–Kier alpha value is -3.45. The Morgan fingerprint density at radius 1 is 1.09 bits per heavy atom. The summed E-state index contributed by atoms with van der Waals surface area (Å²) in [6.45, 7) is 0. The van der Waals surface area contributed by atoms with Gasteiger partial charge in [-0.1, -0.05) is 42.5 Å². The number of benzene rings is 2. The number of nitrogens with zero attached hydrogens (tertiary/aromatic N) is 3. The first kappa shape index (κ1) is 20.2. The molecule has 33 heavy (non-hydrogen) atoms. The number of pyridine rings is 1. The number of carbonyl (C=O) groups is 1. The minimum atomic E-state index is -0.545. The van der Waals surface area contributed by atoms with Gasteiger partial charge in [-0.15, -0.1) is 11.8 Å². The summed E-state index contributed by atoms with van der Waals surface area (Å²) in [7, 11) is 0. The lowest BCUT2D eigenvalue weighted by Crippen LogP contribution is -2.33. The first-order chi connectivity index (χ1) is 16.2. The molecule has 6 nitrogen and oxygen atoms in total. The van der Waals surface area contributed by atoms with Crippen LogP contribution in [0.15, 0.2) is 76.9 Å². The highest BCUT2D eigenvalue weighted by molar-refractivity contribution is 7.99. The first-order valence-electron chi connectivity index (χ1n) is 11.1. The lowest BCUT2D eigenvalue weighted by atomic mass is 9.95. The Morgan fingerprint density at radius 3 is 2.76 bits per heavy atom. The lowest BCUT2D eigenvalue weighted by Gasteiger charge is -2.18. The number of thioether (sulfide) groups is 1. The lowest BCUT2D eigenvalue weighted by molar-refractivity contribution is -0.118. The first-order valence-corrected chi connectivity index (χ1v) is 12.1. The van der Waals surface area contributed by atoms with Crippen molar-refractivity contribution in [3.8, 4) is 0 Å². The van der Waals surface area contributed by atoms with E-state index >= 15 is 0 Å². The van der Waals surface area contributed by atoms with Gasteiger partial charge in [-0.2, -0.15) is 0 Å². The summed E-state index contributed by atoms with van der Waals surface area (Å²) < 4.78 is 1.70. The van der Waals surface area contributed by atoms with Crippen LogP contribution in [-0.4, -0.2) is 26.2 Å². The Kier molecular flexibility index (Phi) is 4.99. The average molecular weight is 455 g/mol. The van der Waals surface area contributed by atoms with Crippen LogP contribution in [0.1, 0.15) is 41.5 Å². The van der Waals surface area contributed by atoms with Crippen molar-refractivity contribution in [1.82, 2.24) is 14.5 Å². The molecule has 1 fully saturated rings. The van der Waals surface area contributed by atoms with Crippen LogP contribution in [0.3, 0.4) is 0 Å². The van der Waals surface area contributed by atoms with Gasteiger partial charge in [0.1, 0.15) is 18.2 Å². The summed E-state index contributed by atoms with van der Waals surface area (Å²) in [5.74, 6) is 1.24. The van der Waals surface area contributed by atoms with Gasteiger partial charge in [-0.3, -0.25) is 14.2 Å². The molecule has 2 aromatic carbocycles. The van der Waals surface area contributed by atoms with Gasteiger partial charge in [0.2, 0.25) is 5.91 Å². The number of carbonyl (C=O) groups excluding carboxylic acids is 1. The molecule has 2 aliphatic rings. The van der Waals surface area contributed by atoms with Gasteiger partial charge in [0.05, 0.1) is 5.03 Å². The highest BCUT2D eigenvalue weighted by Gasteiger charge is 2.37. The molecule has 0 bridgehead atoms. The topological polar surface area (TPSA) is 76.9 Å². The SMILES string of the molecule is O=C(Nc1ccncn1)C1CSc2c(C3CC3)c(Cc3cccc4ccccc34)cc(=O)n21. The molecule has 1 unspecified atom stereocenters. The van der Waals surface area contributed by atoms with Crippen LogP contribution in [0.5, 0.6) is 0 Å². The normalized spacial score (nSPS) is 17.2. The van der Waals surface area contributed by atoms with Crippen LogP contribution < -0.4 is 10.9 Å². The van der Waals surface area contributed by atoms with E-state index in [9.17, 15) is 9.59 Å². The molecule has 0 radical (unpaired) electrons. The number of anilines is 1. The molecular weight excluding hydrogens is 432 g/mol. The zero-order chi connectivity index (χ0) is 22.4. The molecule has 1 aliphatic carbocycles. The zero-order valence-electron chi connectivity index (χ0n) is 17.9. The predicted octanol–water partition coefficient (Wildman–Crippen LogP) is 4.55. The van der Waals surface area contributed by atoms with Gasteiger partial charge in [0.25, 0.3) is 5.56 Å². The summed E-state index contributed by atoms with van der Waals surface area (Å²) in [6, 6.07) is 17.6. The third-order valence-corrected chi connectivity index (χ3v) is 7.57. The van der Waals surface area contributed by atoms with Gasteiger partial charge < -0.3 is 5.32 Å². The van der Waals surface area contributed by atoms with Gasteiger partial charge >= 0.3 is 0 Å². The van der Waals surface area contributed by atoms with Crippen molar-refractivity contribution in [2.45, 2.75) is 36.2 Å². The molecule has 0 spiro atoms. The number of hydrogen-bond donors (Lipinski definition) is 1. The highest BCUT2D eigenvalue weighted by atomic mass is 32.2. The fourth-order valence-electron chi connectivity index (χ4n) is 4.71.